The van der Waals surface area contributed by atoms with Gasteiger partial charge in [0.25, 0.3) is 0 Å². The van der Waals surface area contributed by atoms with Gasteiger partial charge in [-0.05, 0) is 64.3 Å². The molecule has 0 N–H and O–H groups in total. The minimum atomic E-state index is -3.77. The molecule has 0 aromatic heterocycles. The Kier molecular flexibility index (Phi) is 6.46. The zero-order valence-corrected chi connectivity index (χ0v) is 18.9. The molecular formula is C21H31FN2O5S. The molecule has 30 heavy (non-hydrogen) atoms. The number of ether oxygens (including phenoxy) is 2. The smallest absolute Gasteiger partial charge is 0.410 e. The quantitative estimate of drug-likeness (QED) is 0.717. The molecule has 2 heterocycles. The molecule has 1 spiro atoms. The molecule has 0 saturated carbocycles. The fraction of sp³-hybridized carbons (Fsp3) is 0.667. The first kappa shape index (κ1) is 23.0. The number of sulfonamides is 1. The van der Waals surface area contributed by atoms with Crippen molar-refractivity contribution in [1.29, 1.82) is 0 Å². The van der Waals surface area contributed by atoms with Crippen molar-refractivity contribution in [1.82, 2.24) is 9.21 Å². The van der Waals surface area contributed by atoms with E-state index in [2.05, 4.69) is 0 Å². The maximum absolute atomic E-state index is 13.3. The fourth-order valence-electron chi connectivity index (χ4n) is 3.89. The van der Waals surface area contributed by atoms with Crippen molar-refractivity contribution in [2.24, 2.45) is 0 Å². The fourth-order valence-corrected chi connectivity index (χ4v) is 5.44. The molecule has 1 unspecified atom stereocenters. The standard InChI is InChI=1S/C21H31FN2O5S/c1-5-17-14-24(30(26,27)18-8-6-16(22)7-9-18)15-21(28-17)10-12-23(13-11-21)19(25)29-20(2,3)4/h6-9,17H,5,10-15H2,1-4H3. The SMILES string of the molecule is CCC1CN(S(=O)(=O)c2ccc(F)cc2)CC2(CCN(C(=O)OC(C)(C)C)CC2)O1. The van der Waals surface area contributed by atoms with E-state index in [9.17, 15) is 17.6 Å². The molecule has 1 aromatic rings. The van der Waals surface area contributed by atoms with Crippen molar-refractivity contribution in [2.45, 2.75) is 69.2 Å². The molecule has 168 valence electrons. The summed E-state index contributed by atoms with van der Waals surface area (Å²) in [6, 6.07) is 4.89. The highest BCUT2D eigenvalue weighted by molar-refractivity contribution is 7.89. The average Bonchev–Trinajstić information content (AvgIpc) is 2.67. The zero-order chi connectivity index (χ0) is 22.2. The van der Waals surface area contributed by atoms with Crippen LogP contribution in [-0.2, 0) is 19.5 Å². The summed E-state index contributed by atoms with van der Waals surface area (Å²) >= 11 is 0. The highest BCUT2D eigenvalue weighted by Gasteiger charge is 2.46. The number of carbonyl (C=O) groups is 1. The van der Waals surface area contributed by atoms with Gasteiger partial charge < -0.3 is 14.4 Å². The minimum Gasteiger partial charge on any atom is -0.444 e. The third kappa shape index (κ3) is 5.12. The number of benzene rings is 1. The molecule has 2 saturated heterocycles. The number of hydrogen-bond acceptors (Lipinski definition) is 5. The van der Waals surface area contributed by atoms with E-state index in [1.54, 1.807) is 4.90 Å². The third-order valence-corrected chi connectivity index (χ3v) is 7.35. The van der Waals surface area contributed by atoms with E-state index in [0.29, 0.717) is 32.4 Å². The average molecular weight is 443 g/mol. The number of amides is 1. The lowest BCUT2D eigenvalue weighted by atomic mass is 9.89. The summed E-state index contributed by atoms with van der Waals surface area (Å²) in [5.74, 6) is -0.478. The Hall–Kier alpha value is -1.71. The van der Waals surface area contributed by atoms with Crippen molar-refractivity contribution in [3.05, 3.63) is 30.1 Å². The van der Waals surface area contributed by atoms with Crippen LogP contribution in [0, 0.1) is 5.82 Å². The van der Waals surface area contributed by atoms with Crippen LogP contribution < -0.4 is 0 Å². The molecule has 2 aliphatic heterocycles. The van der Waals surface area contributed by atoms with Gasteiger partial charge in [0, 0.05) is 26.2 Å². The van der Waals surface area contributed by atoms with Crippen LogP contribution in [0.3, 0.4) is 0 Å². The highest BCUT2D eigenvalue weighted by atomic mass is 32.2. The maximum Gasteiger partial charge on any atom is 0.410 e. The van der Waals surface area contributed by atoms with Gasteiger partial charge in [0.2, 0.25) is 10.0 Å². The first-order valence-electron chi connectivity index (χ1n) is 10.4. The van der Waals surface area contributed by atoms with Crippen LogP contribution in [0.15, 0.2) is 29.2 Å². The van der Waals surface area contributed by atoms with Crippen LogP contribution in [-0.4, -0.2) is 67.2 Å². The Balaban J connectivity index is 1.75. The van der Waals surface area contributed by atoms with Crippen LogP contribution in [0.25, 0.3) is 0 Å². The van der Waals surface area contributed by atoms with Gasteiger partial charge in [0.15, 0.2) is 0 Å². The van der Waals surface area contributed by atoms with Gasteiger partial charge in [-0.15, -0.1) is 0 Å². The van der Waals surface area contributed by atoms with E-state index >= 15 is 0 Å². The van der Waals surface area contributed by atoms with E-state index in [1.807, 2.05) is 27.7 Å². The number of hydrogen-bond donors (Lipinski definition) is 0. The Morgan fingerprint density at radius 1 is 1.23 bits per heavy atom. The maximum atomic E-state index is 13.3. The number of likely N-dealkylation sites (tertiary alicyclic amines) is 1. The van der Waals surface area contributed by atoms with Crippen LogP contribution in [0.5, 0.6) is 0 Å². The molecule has 7 nitrogen and oxygen atoms in total. The monoisotopic (exact) mass is 442 g/mol. The van der Waals surface area contributed by atoms with Gasteiger partial charge in [0.1, 0.15) is 11.4 Å². The largest absolute Gasteiger partial charge is 0.444 e. The summed E-state index contributed by atoms with van der Waals surface area (Å²) in [6.45, 7) is 8.78. The van der Waals surface area contributed by atoms with Gasteiger partial charge in [-0.1, -0.05) is 6.92 Å². The molecule has 2 aliphatic rings. The molecule has 0 bridgehead atoms. The minimum absolute atomic E-state index is 0.0713. The Morgan fingerprint density at radius 2 is 1.83 bits per heavy atom. The van der Waals surface area contributed by atoms with E-state index in [1.165, 1.54) is 16.4 Å². The van der Waals surface area contributed by atoms with Crippen molar-refractivity contribution in [3.63, 3.8) is 0 Å². The van der Waals surface area contributed by atoms with E-state index < -0.39 is 27.0 Å². The van der Waals surface area contributed by atoms with Crippen LogP contribution in [0.4, 0.5) is 9.18 Å². The predicted octanol–water partition coefficient (Wildman–Crippen LogP) is 3.39. The van der Waals surface area contributed by atoms with Gasteiger partial charge in [-0.3, -0.25) is 0 Å². The summed E-state index contributed by atoms with van der Waals surface area (Å²) in [7, 11) is -3.77. The molecule has 1 atom stereocenters. The second kappa shape index (κ2) is 8.43. The summed E-state index contributed by atoms with van der Waals surface area (Å²) in [5, 5.41) is 0. The number of carbonyl (C=O) groups excluding carboxylic acids is 1. The van der Waals surface area contributed by atoms with Crippen molar-refractivity contribution in [3.8, 4) is 0 Å². The zero-order valence-electron chi connectivity index (χ0n) is 18.1. The molecule has 0 radical (unpaired) electrons. The number of nitrogens with zero attached hydrogens (tertiary/aromatic N) is 2. The van der Waals surface area contributed by atoms with E-state index in [4.69, 9.17) is 9.47 Å². The second-order valence-corrected chi connectivity index (χ2v) is 11.0. The lowest BCUT2D eigenvalue weighted by molar-refractivity contribution is -0.159. The van der Waals surface area contributed by atoms with Crippen molar-refractivity contribution >= 4 is 16.1 Å². The number of piperidine rings is 1. The van der Waals surface area contributed by atoms with Crippen LogP contribution in [0.1, 0.15) is 47.0 Å². The van der Waals surface area contributed by atoms with Gasteiger partial charge >= 0.3 is 6.09 Å². The summed E-state index contributed by atoms with van der Waals surface area (Å²) in [6.07, 6.45) is 1.13. The number of rotatable bonds is 3. The lowest BCUT2D eigenvalue weighted by Gasteiger charge is -2.49. The van der Waals surface area contributed by atoms with Crippen molar-refractivity contribution in [2.75, 3.05) is 26.2 Å². The predicted molar refractivity (Wildman–Crippen MR) is 110 cm³/mol. The van der Waals surface area contributed by atoms with E-state index in [0.717, 1.165) is 12.1 Å². The second-order valence-electron chi connectivity index (χ2n) is 9.05. The molecule has 0 aliphatic carbocycles. The Labute approximate surface area is 178 Å². The Morgan fingerprint density at radius 3 is 2.37 bits per heavy atom. The topological polar surface area (TPSA) is 76.2 Å². The summed E-state index contributed by atoms with van der Waals surface area (Å²) < 4.78 is 52.8. The molecular weight excluding hydrogens is 411 g/mol. The first-order chi connectivity index (χ1) is 13.9. The molecule has 1 amide bonds. The molecule has 2 fully saturated rings. The highest BCUT2D eigenvalue weighted by Crippen LogP contribution is 2.35. The van der Waals surface area contributed by atoms with Gasteiger partial charge in [0.05, 0.1) is 16.6 Å². The van der Waals surface area contributed by atoms with Crippen LogP contribution in [0.2, 0.25) is 0 Å². The lowest BCUT2D eigenvalue weighted by Crippen LogP contribution is -2.61. The van der Waals surface area contributed by atoms with Crippen molar-refractivity contribution < 1.29 is 27.1 Å². The summed E-state index contributed by atoms with van der Waals surface area (Å²) in [4.78, 5) is 14.1. The van der Waals surface area contributed by atoms with E-state index in [-0.39, 0.29) is 30.2 Å². The Bertz CT molecular complexity index is 858. The molecule has 3 rings (SSSR count). The first-order valence-corrected chi connectivity index (χ1v) is 11.8. The molecule has 9 heteroatoms. The summed E-state index contributed by atoms with van der Waals surface area (Å²) in [5.41, 5.74) is -1.22. The van der Waals surface area contributed by atoms with Gasteiger partial charge in [-0.25, -0.2) is 17.6 Å². The normalized spacial score (nSPS) is 22.8. The molecule has 1 aromatic carbocycles. The number of halogens is 1. The number of morpholine rings is 1. The third-order valence-electron chi connectivity index (χ3n) is 5.52. The van der Waals surface area contributed by atoms with Gasteiger partial charge in [-0.2, -0.15) is 4.31 Å². The van der Waals surface area contributed by atoms with Crippen LogP contribution >= 0.6 is 0 Å².